The maximum absolute atomic E-state index is 13.2. The summed E-state index contributed by atoms with van der Waals surface area (Å²) in [6.45, 7) is 2.04. The summed E-state index contributed by atoms with van der Waals surface area (Å²) in [5.41, 5.74) is 1.07. The zero-order valence-corrected chi connectivity index (χ0v) is 10.3. The molecule has 1 aromatic carbocycles. The van der Waals surface area contributed by atoms with Crippen LogP contribution in [0.2, 0.25) is 0 Å². The van der Waals surface area contributed by atoms with Crippen LogP contribution in [0.3, 0.4) is 0 Å². The summed E-state index contributed by atoms with van der Waals surface area (Å²) in [7, 11) is 0. The third kappa shape index (κ3) is 2.88. The molecule has 1 N–H and O–H groups in total. The number of benzene rings is 1. The van der Waals surface area contributed by atoms with Crippen molar-refractivity contribution in [1.29, 1.82) is 0 Å². The van der Waals surface area contributed by atoms with E-state index in [1.54, 1.807) is 6.07 Å². The fourth-order valence-corrected chi connectivity index (χ4v) is 1.77. The molecule has 0 bridgehead atoms. The highest BCUT2D eigenvalue weighted by Crippen LogP contribution is 2.11. The van der Waals surface area contributed by atoms with Gasteiger partial charge in [-0.05, 0) is 36.2 Å². The lowest BCUT2D eigenvalue weighted by atomic mass is 10.1. The van der Waals surface area contributed by atoms with Crippen LogP contribution in [0.25, 0.3) is 0 Å². The third-order valence-corrected chi connectivity index (χ3v) is 2.89. The van der Waals surface area contributed by atoms with E-state index in [0.29, 0.717) is 5.56 Å². The molecule has 0 saturated heterocycles. The van der Waals surface area contributed by atoms with Crippen molar-refractivity contribution >= 4 is 5.97 Å². The molecule has 0 saturated carbocycles. The Hall–Kier alpha value is -2.43. The van der Waals surface area contributed by atoms with Crippen LogP contribution in [0, 0.1) is 12.7 Å². The van der Waals surface area contributed by atoms with E-state index < -0.39 is 11.5 Å². The SMILES string of the molecule is Cc1ccc(F)cc1Cn1ccc(C(=O)O)cc1=O. The molecule has 0 spiro atoms. The van der Waals surface area contributed by atoms with Crippen LogP contribution in [-0.4, -0.2) is 15.6 Å². The van der Waals surface area contributed by atoms with Crippen LogP contribution >= 0.6 is 0 Å². The molecular formula is C14H12FNO3. The molecule has 0 fully saturated rings. The van der Waals surface area contributed by atoms with Crippen molar-refractivity contribution in [3.63, 3.8) is 0 Å². The first-order valence-electron chi connectivity index (χ1n) is 5.66. The van der Waals surface area contributed by atoms with Gasteiger partial charge in [-0.15, -0.1) is 0 Å². The second-order valence-corrected chi connectivity index (χ2v) is 4.26. The van der Waals surface area contributed by atoms with E-state index in [-0.39, 0.29) is 17.9 Å². The molecule has 2 rings (SSSR count). The lowest BCUT2D eigenvalue weighted by molar-refractivity contribution is 0.0696. The number of nitrogens with zero attached hydrogens (tertiary/aromatic N) is 1. The third-order valence-electron chi connectivity index (χ3n) is 2.89. The smallest absolute Gasteiger partial charge is 0.335 e. The fourth-order valence-electron chi connectivity index (χ4n) is 1.77. The maximum Gasteiger partial charge on any atom is 0.335 e. The van der Waals surface area contributed by atoms with Crippen molar-refractivity contribution in [1.82, 2.24) is 4.57 Å². The molecule has 0 aliphatic rings. The first kappa shape index (κ1) is 13.0. The summed E-state index contributed by atoms with van der Waals surface area (Å²) in [6, 6.07) is 6.76. The van der Waals surface area contributed by atoms with Crippen molar-refractivity contribution in [3.05, 3.63) is 69.4 Å². The van der Waals surface area contributed by atoms with Crippen LogP contribution in [0.5, 0.6) is 0 Å². The van der Waals surface area contributed by atoms with Gasteiger partial charge in [0.2, 0.25) is 0 Å². The quantitative estimate of drug-likeness (QED) is 0.919. The Bertz CT molecular complexity index is 691. The molecule has 0 atom stereocenters. The number of aryl methyl sites for hydroxylation is 1. The topological polar surface area (TPSA) is 59.3 Å². The first-order valence-corrected chi connectivity index (χ1v) is 5.66. The van der Waals surface area contributed by atoms with Gasteiger partial charge in [0, 0.05) is 12.3 Å². The highest BCUT2D eigenvalue weighted by Gasteiger charge is 2.07. The van der Waals surface area contributed by atoms with Crippen molar-refractivity contribution in [2.75, 3.05) is 0 Å². The molecule has 1 heterocycles. The Morgan fingerprint density at radius 1 is 1.32 bits per heavy atom. The monoisotopic (exact) mass is 261 g/mol. The van der Waals surface area contributed by atoms with Gasteiger partial charge < -0.3 is 9.67 Å². The number of aromatic carboxylic acids is 1. The highest BCUT2D eigenvalue weighted by atomic mass is 19.1. The van der Waals surface area contributed by atoms with E-state index >= 15 is 0 Å². The molecule has 5 heteroatoms. The molecule has 0 amide bonds. The number of carboxylic acid groups (broad SMARTS) is 1. The van der Waals surface area contributed by atoms with E-state index in [9.17, 15) is 14.0 Å². The molecule has 0 unspecified atom stereocenters. The molecule has 0 aliphatic heterocycles. The number of hydrogen-bond donors (Lipinski definition) is 1. The molecule has 0 radical (unpaired) electrons. The zero-order chi connectivity index (χ0) is 14.0. The second-order valence-electron chi connectivity index (χ2n) is 4.26. The fraction of sp³-hybridized carbons (Fsp3) is 0.143. The minimum Gasteiger partial charge on any atom is -0.478 e. The van der Waals surface area contributed by atoms with Crippen molar-refractivity contribution in [3.8, 4) is 0 Å². The molecule has 4 nitrogen and oxygen atoms in total. The van der Waals surface area contributed by atoms with Crippen LogP contribution < -0.4 is 5.56 Å². The second kappa shape index (κ2) is 5.06. The largest absolute Gasteiger partial charge is 0.478 e. The lowest BCUT2D eigenvalue weighted by Gasteiger charge is -2.09. The lowest BCUT2D eigenvalue weighted by Crippen LogP contribution is -2.21. The number of pyridine rings is 1. The molecular weight excluding hydrogens is 249 g/mol. The van der Waals surface area contributed by atoms with E-state index in [2.05, 4.69) is 0 Å². The highest BCUT2D eigenvalue weighted by molar-refractivity contribution is 5.87. The molecule has 98 valence electrons. The summed E-state index contributed by atoms with van der Waals surface area (Å²) >= 11 is 0. The number of carboxylic acids is 1. The van der Waals surface area contributed by atoms with Crippen LogP contribution in [0.15, 0.2) is 41.3 Å². The number of carbonyl (C=O) groups is 1. The average molecular weight is 261 g/mol. The predicted molar refractivity (Wildman–Crippen MR) is 67.9 cm³/mol. The Morgan fingerprint density at radius 2 is 2.05 bits per heavy atom. The van der Waals surface area contributed by atoms with Gasteiger partial charge in [-0.3, -0.25) is 4.79 Å². The van der Waals surface area contributed by atoms with Crippen LogP contribution in [0.4, 0.5) is 4.39 Å². The molecule has 1 aromatic heterocycles. The minimum absolute atomic E-state index is 0.0581. The summed E-state index contributed by atoms with van der Waals surface area (Å²) in [5.74, 6) is -1.51. The number of aromatic nitrogens is 1. The Balaban J connectivity index is 2.36. The maximum atomic E-state index is 13.2. The van der Waals surface area contributed by atoms with E-state index in [1.165, 1.54) is 29.0 Å². The standard InChI is InChI=1S/C14H12FNO3/c1-9-2-3-12(15)6-11(9)8-16-5-4-10(14(18)19)7-13(16)17/h2-7H,8H2,1H3,(H,18,19). The summed E-state index contributed by atoms with van der Waals surface area (Å²) in [5, 5.41) is 8.77. The first-order chi connectivity index (χ1) is 8.97. The summed E-state index contributed by atoms with van der Waals surface area (Å²) in [4.78, 5) is 22.5. The van der Waals surface area contributed by atoms with Gasteiger partial charge in [0.05, 0.1) is 12.1 Å². The average Bonchev–Trinajstić information content (AvgIpc) is 2.36. The molecule has 0 aliphatic carbocycles. The van der Waals surface area contributed by atoms with Crippen molar-refractivity contribution in [2.24, 2.45) is 0 Å². The van der Waals surface area contributed by atoms with Gasteiger partial charge in [-0.2, -0.15) is 0 Å². The summed E-state index contributed by atoms with van der Waals surface area (Å²) < 4.78 is 14.5. The zero-order valence-electron chi connectivity index (χ0n) is 10.3. The van der Waals surface area contributed by atoms with E-state index in [0.717, 1.165) is 11.6 Å². The van der Waals surface area contributed by atoms with Crippen molar-refractivity contribution in [2.45, 2.75) is 13.5 Å². The molecule has 19 heavy (non-hydrogen) atoms. The Labute approximate surface area is 108 Å². The van der Waals surface area contributed by atoms with Crippen LogP contribution in [0.1, 0.15) is 21.5 Å². The van der Waals surface area contributed by atoms with Gasteiger partial charge in [0.1, 0.15) is 5.82 Å². The number of halogens is 1. The number of hydrogen-bond acceptors (Lipinski definition) is 2. The normalized spacial score (nSPS) is 10.4. The van der Waals surface area contributed by atoms with Gasteiger partial charge in [0.25, 0.3) is 5.56 Å². The predicted octanol–water partition coefficient (Wildman–Crippen LogP) is 2.04. The van der Waals surface area contributed by atoms with Gasteiger partial charge >= 0.3 is 5.97 Å². The minimum atomic E-state index is -1.15. The van der Waals surface area contributed by atoms with E-state index in [4.69, 9.17) is 5.11 Å². The van der Waals surface area contributed by atoms with Crippen molar-refractivity contribution < 1.29 is 14.3 Å². The number of rotatable bonds is 3. The Morgan fingerprint density at radius 3 is 2.68 bits per heavy atom. The van der Waals surface area contributed by atoms with Gasteiger partial charge in [0.15, 0.2) is 0 Å². The summed E-state index contributed by atoms with van der Waals surface area (Å²) in [6.07, 6.45) is 1.40. The molecule has 2 aromatic rings. The van der Waals surface area contributed by atoms with E-state index in [1.807, 2.05) is 6.92 Å². The Kier molecular flexibility index (Phi) is 3.46. The van der Waals surface area contributed by atoms with Crippen LogP contribution in [-0.2, 0) is 6.54 Å². The van der Waals surface area contributed by atoms with Gasteiger partial charge in [-0.1, -0.05) is 6.07 Å². The van der Waals surface area contributed by atoms with Gasteiger partial charge in [-0.25, -0.2) is 9.18 Å².